The van der Waals surface area contributed by atoms with Crippen LogP contribution in [-0.4, -0.2) is 41.3 Å². The predicted molar refractivity (Wildman–Crippen MR) is 112 cm³/mol. The highest BCUT2D eigenvalue weighted by Gasteiger charge is 2.24. The van der Waals surface area contributed by atoms with Gasteiger partial charge in [-0.25, -0.2) is 4.98 Å². The SMILES string of the molecule is O=c1[nH]c(C[NH+]2CCN(c3ccccc3O)CC2)nc2sc3c(c12)CCCC3. The number of phenolic OH excluding ortho intramolecular Hbond substituents is 1. The van der Waals surface area contributed by atoms with E-state index >= 15 is 0 Å². The second kappa shape index (κ2) is 7.22. The summed E-state index contributed by atoms with van der Waals surface area (Å²) in [4.78, 5) is 26.5. The van der Waals surface area contributed by atoms with Crippen molar-refractivity contribution in [3.8, 4) is 5.75 Å². The van der Waals surface area contributed by atoms with Gasteiger partial charge in [-0.3, -0.25) is 4.79 Å². The van der Waals surface area contributed by atoms with Crippen LogP contribution >= 0.6 is 11.3 Å². The molecule has 28 heavy (non-hydrogen) atoms. The fraction of sp³-hybridized carbons (Fsp3) is 0.429. The molecule has 1 saturated heterocycles. The largest absolute Gasteiger partial charge is 0.506 e. The van der Waals surface area contributed by atoms with Gasteiger partial charge < -0.3 is 19.9 Å². The second-order valence-corrected chi connectivity index (χ2v) is 8.89. The lowest BCUT2D eigenvalue weighted by molar-refractivity contribution is -0.915. The molecule has 3 heterocycles. The number of benzene rings is 1. The number of piperazine rings is 1. The minimum absolute atomic E-state index is 0.0339. The molecular formula is C21H25N4O2S+. The summed E-state index contributed by atoms with van der Waals surface area (Å²) < 4.78 is 0. The number of quaternary nitrogens is 1. The van der Waals surface area contributed by atoms with Crippen molar-refractivity contribution in [1.29, 1.82) is 0 Å². The van der Waals surface area contributed by atoms with Crippen molar-refractivity contribution in [2.24, 2.45) is 0 Å². The quantitative estimate of drug-likeness (QED) is 0.626. The van der Waals surface area contributed by atoms with E-state index in [4.69, 9.17) is 4.98 Å². The third-order valence-electron chi connectivity index (χ3n) is 5.98. The number of hydrogen-bond acceptors (Lipinski definition) is 5. The molecule has 2 aromatic heterocycles. The lowest BCUT2D eigenvalue weighted by Gasteiger charge is -2.33. The first kappa shape index (κ1) is 17.7. The Balaban J connectivity index is 1.31. The number of fused-ring (bicyclic) bond motifs is 3. The van der Waals surface area contributed by atoms with Crippen LogP contribution in [0.25, 0.3) is 10.2 Å². The van der Waals surface area contributed by atoms with Crippen LogP contribution in [0.3, 0.4) is 0 Å². The number of aromatic hydroxyl groups is 1. The average molecular weight is 398 g/mol. The van der Waals surface area contributed by atoms with Crippen LogP contribution in [0.15, 0.2) is 29.1 Å². The van der Waals surface area contributed by atoms with E-state index in [-0.39, 0.29) is 5.56 Å². The maximum Gasteiger partial charge on any atom is 0.260 e. The highest BCUT2D eigenvalue weighted by molar-refractivity contribution is 7.18. The molecule has 1 fully saturated rings. The zero-order valence-electron chi connectivity index (χ0n) is 15.8. The van der Waals surface area contributed by atoms with Gasteiger partial charge in [0.15, 0.2) is 5.82 Å². The molecular weight excluding hydrogens is 372 g/mol. The number of H-pyrrole nitrogens is 1. The van der Waals surface area contributed by atoms with Gasteiger partial charge in [0.25, 0.3) is 5.56 Å². The van der Waals surface area contributed by atoms with Crippen LogP contribution in [0.1, 0.15) is 29.1 Å². The number of para-hydroxylation sites is 2. The van der Waals surface area contributed by atoms with Gasteiger partial charge >= 0.3 is 0 Å². The van der Waals surface area contributed by atoms with Crippen molar-refractivity contribution < 1.29 is 10.0 Å². The standard InChI is InChI=1S/C21H24N4O2S/c26-16-7-3-2-6-15(16)25-11-9-24(10-12-25)13-18-22-20(27)19-14-5-1-4-8-17(14)28-21(19)23-18/h2-3,6-7,26H,1,4-5,8-13H2,(H,22,23,27)/p+1. The van der Waals surface area contributed by atoms with Gasteiger partial charge in [0.2, 0.25) is 0 Å². The summed E-state index contributed by atoms with van der Waals surface area (Å²) in [6.45, 7) is 4.41. The smallest absolute Gasteiger partial charge is 0.260 e. The normalized spacial score (nSPS) is 17.8. The minimum Gasteiger partial charge on any atom is -0.506 e. The summed E-state index contributed by atoms with van der Waals surface area (Å²) in [5.74, 6) is 1.13. The third-order valence-corrected chi connectivity index (χ3v) is 7.17. The lowest BCUT2D eigenvalue weighted by Crippen LogP contribution is -3.13. The van der Waals surface area contributed by atoms with Crippen molar-refractivity contribution in [3.63, 3.8) is 0 Å². The van der Waals surface area contributed by atoms with E-state index < -0.39 is 0 Å². The summed E-state index contributed by atoms with van der Waals surface area (Å²) >= 11 is 1.71. The average Bonchev–Trinajstić information content (AvgIpc) is 3.08. The Morgan fingerprint density at radius 3 is 2.79 bits per heavy atom. The van der Waals surface area contributed by atoms with Crippen molar-refractivity contribution >= 4 is 27.2 Å². The Morgan fingerprint density at radius 2 is 1.96 bits per heavy atom. The van der Waals surface area contributed by atoms with Gasteiger partial charge in [0, 0.05) is 4.88 Å². The minimum atomic E-state index is 0.0339. The third kappa shape index (κ3) is 3.18. The molecule has 0 bridgehead atoms. The van der Waals surface area contributed by atoms with Crippen LogP contribution in [0.5, 0.6) is 5.75 Å². The molecule has 6 nitrogen and oxygen atoms in total. The Labute approximate surface area is 167 Å². The van der Waals surface area contributed by atoms with Crippen LogP contribution in [-0.2, 0) is 19.4 Å². The summed E-state index contributed by atoms with van der Waals surface area (Å²) in [5.41, 5.74) is 2.18. The number of phenols is 1. The van der Waals surface area contributed by atoms with Crippen molar-refractivity contribution in [2.75, 3.05) is 31.1 Å². The zero-order chi connectivity index (χ0) is 19.1. The molecule has 0 atom stereocenters. The molecule has 0 unspecified atom stereocenters. The molecule has 2 aliphatic rings. The first-order chi connectivity index (χ1) is 13.7. The van der Waals surface area contributed by atoms with Gasteiger partial charge in [0.1, 0.15) is 17.1 Å². The van der Waals surface area contributed by atoms with Crippen LogP contribution in [0.4, 0.5) is 5.69 Å². The molecule has 1 aliphatic heterocycles. The van der Waals surface area contributed by atoms with Crippen LogP contribution in [0, 0.1) is 0 Å². The van der Waals surface area contributed by atoms with E-state index in [2.05, 4.69) is 9.88 Å². The van der Waals surface area contributed by atoms with E-state index in [1.54, 1.807) is 17.4 Å². The van der Waals surface area contributed by atoms with Crippen LogP contribution in [0.2, 0.25) is 0 Å². The predicted octanol–water partition coefficient (Wildman–Crippen LogP) is 1.47. The summed E-state index contributed by atoms with van der Waals surface area (Å²) in [6.07, 6.45) is 4.49. The second-order valence-electron chi connectivity index (χ2n) is 7.81. The first-order valence-corrected chi connectivity index (χ1v) is 10.9. The number of aromatic amines is 1. The van der Waals surface area contributed by atoms with E-state index in [1.165, 1.54) is 28.2 Å². The molecule has 1 aliphatic carbocycles. The molecule has 0 radical (unpaired) electrons. The molecule has 0 spiro atoms. The Hall–Kier alpha value is -2.38. The molecule has 7 heteroatoms. The number of thiophene rings is 1. The van der Waals surface area contributed by atoms with Crippen molar-refractivity contribution in [1.82, 2.24) is 9.97 Å². The molecule has 146 valence electrons. The monoisotopic (exact) mass is 397 g/mol. The van der Waals surface area contributed by atoms with Gasteiger partial charge in [-0.05, 0) is 43.4 Å². The van der Waals surface area contributed by atoms with E-state index in [0.29, 0.717) is 5.75 Å². The van der Waals surface area contributed by atoms with E-state index in [0.717, 1.165) is 67.3 Å². The molecule has 3 N–H and O–H groups in total. The molecule has 3 aromatic rings. The molecule has 0 amide bonds. The zero-order valence-corrected chi connectivity index (χ0v) is 16.6. The lowest BCUT2D eigenvalue weighted by atomic mass is 9.97. The number of aryl methyl sites for hydroxylation is 2. The number of anilines is 1. The molecule has 1 aromatic carbocycles. The van der Waals surface area contributed by atoms with Crippen molar-refractivity contribution in [3.05, 3.63) is 50.9 Å². The Kier molecular flexibility index (Phi) is 4.56. The van der Waals surface area contributed by atoms with Crippen LogP contribution < -0.4 is 15.4 Å². The summed E-state index contributed by atoms with van der Waals surface area (Å²) in [5, 5.41) is 10.9. The van der Waals surface area contributed by atoms with Gasteiger partial charge in [0.05, 0.1) is 37.3 Å². The Morgan fingerprint density at radius 1 is 1.18 bits per heavy atom. The summed E-state index contributed by atoms with van der Waals surface area (Å²) in [7, 11) is 0. The molecule has 0 saturated carbocycles. The number of nitrogens with one attached hydrogen (secondary N) is 2. The maximum absolute atomic E-state index is 12.7. The summed E-state index contributed by atoms with van der Waals surface area (Å²) in [6, 6.07) is 7.50. The maximum atomic E-state index is 12.7. The number of hydrogen-bond donors (Lipinski definition) is 3. The van der Waals surface area contributed by atoms with E-state index in [9.17, 15) is 9.90 Å². The topological polar surface area (TPSA) is 73.7 Å². The number of aromatic nitrogens is 2. The first-order valence-electron chi connectivity index (χ1n) is 10.1. The number of nitrogens with zero attached hydrogens (tertiary/aromatic N) is 2. The van der Waals surface area contributed by atoms with Gasteiger partial charge in [-0.1, -0.05) is 12.1 Å². The van der Waals surface area contributed by atoms with Gasteiger partial charge in [-0.15, -0.1) is 11.3 Å². The van der Waals surface area contributed by atoms with Crippen molar-refractivity contribution in [2.45, 2.75) is 32.2 Å². The highest BCUT2D eigenvalue weighted by atomic mass is 32.1. The Bertz CT molecular complexity index is 1070. The highest BCUT2D eigenvalue weighted by Crippen LogP contribution is 2.33. The van der Waals surface area contributed by atoms with E-state index in [1.807, 2.05) is 18.2 Å². The fourth-order valence-electron chi connectivity index (χ4n) is 4.50. The molecule has 5 rings (SSSR count). The fourth-order valence-corrected chi connectivity index (χ4v) is 5.78. The van der Waals surface area contributed by atoms with Gasteiger partial charge in [-0.2, -0.15) is 0 Å². The number of rotatable bonds is 3.